The molecule has 2 heterocycles. The number of aromatic nitrogens is 1. The Morgan fingerprint density at radius 3 is 2.57 bits per heavy atom. The summed E-state index contributed by atoms with van der Waals surface area (Å²) in [7, 11) is 0. The van der Waals surface area contributed by atoms with E-state index in [0.717, 1.165) is 36.8 Å². The van der Waals surface area contributed by atoms with E-state index in [4.69, 9.17) is 0 Å². The molecule has 0 saturated carbocycles. The lowest BCUT2D eigenvalue weighted by molar-refractivity contribution is -0.137. The van der Waals surface area contributed by atoms with Gasteiger partial charge in [0.1, 0.15) is 5.75 Å². The smallest absolute Gasteiger partial charge is 0.416 e. The minimum absolute atomic E-state index is 0.199. The molecular formula is C22H21F3N2O. The standard InChI is InChI=1S/C22H21F3N2O/c23-22(24,25)18-8-3-7-16(14-18)21-19-9-4-11-26(19)12-5-13-27(21)15-17-6-1-2-10-20(17)28/h1-4,6-11,14,21,28H,5,12-13,15H2/t21-/m0/s1. The minimum atomic E-state index is -4.38. The van der Waals surface area contributed by atoms with Crippen LogP contribution >= 0.6 is 0 Å². The Bertz CT molecular complexity index is 964. The fourth-order valence-electron chi connectivity index (χ4n) is 3.94. The summed E-state index contributed by atoms with van der Waals surface area (Å²) in [6, 6.07) is 16.2. The van der Waals surface area contributed by atoms with Gasteiger partial charge in [-0.1, -0.05) is 30.3 Å². The van der Waals surface area contributed by atoms with Gasteiger partial charge in [-0.2, -0.15) is 13.2 Å². The predicted octanol–water partition coefficient (Wildman–Crippen LogP) is 5.21. The highest BCUT2D eigenvalue weighted by molar-refractivity contribution is 5.36. The van der Waals surface area contributed by atoms with Gasteiger partial charge in [0.25, 0.3) is 0 Å². The molecule has 6 heteroatoms. The first-order chi connectivity index (χ1) is 13.4. The van der Waals surface area contributed by atoms with Crippen molar-refractivity contribution in [1.82, 2.24) is 9.47 Å². The lowest BCUT2D eigenvalue weighted by atomic mass is 9.98. The molecule has 0 saturated heterocycles. The Kier molecular flexibility index (Phi) is 4.89. The molecule has 4 rings (SSSR count). The predicted molar refractivity (Wildman–Crippen MR) is 101 cm³/mol. The third-order valence-electron chi connectivity index (χ3n) is 5.25. The number of phenolic OH excluding ortho intramolecular Hbond substituents is 1. The summed E-state index contributed by atoms with van der Waals surface area (Å²) in [5.74, 6) is 0.199. The number of benzene rings is 2. The fourth-order valence-corrected chi connectivity index (χ4v) is 3.94. The summed E-state index contributed by atoms with van der Waals surface area (Å²) < 4.78 is 42.0. The molecule has 2 aromatic carbocycles. The van der Waals surface area contributed by atoms with Gasteiger partial charge in [0, 0.05) is 37.1 Å². The number of nitrogens with zero attached hydrogens (tertiary/aromatic N) is 2. The quantitative estimate of drug-likeness (QED) is 0.670. The molecule has 28 heavy (non-hydrogen) atoms. The summed E-state index contributed by atoms with van der Waals surface area (Å²) >= 11 is 0. The van der Waals surface area contributed by atoms with E-state index < -0.39 is 11.7 Å². The lowest BCUT2D eigenvalue weighted by Crippen LogP contribution is -2.29. The summed E-state index contributed by atoms with van der Waals surface area (Å²) in [6.45, 7) is 1.99. The number of hydrogen-bond donors (Lipinski definition) is 1. The van der Waals surface area contributed by atoms with Crippen LogP contribution in [0.1, 0.15) is 34.8 Å². The highest BCUT2D eigenvalue weighted by Crippen LogP contribution is 2.37. The zero-order valence-corrected chi connectivity index (χ0v) is 15.2. The molecule has 3 aromatic rings. The van der Waals surface area contributed by atoms with Gasteiger partial charge >= 0.3 is 6.18 Å². The van der Waals surface area contributed by atoms with E-state index >= 15 is 0 Å². The number of rotatable bonds is 3. The number of hydrogen-bond acceptors (Lipinski definition) is 2. The number of alkyl halides is 3. The van der Waals surface area contributed by atoms with Crippen LogP contribution in [0.2, 0.25) is 0 Å². The molecule has 0 bridgehead atoms. The van der Waals surface area contributed by atoms with Crippen LogP contribution in [0.4, 0.5) is 13.2 Å². The second kappa shape index (κ2) is 7.36. The number of fused-ring (bicyclic) bond motifs is 1. The number of para-hydroxylation sites is 1. The van der Waals surface area contributed by atoms with Crippen LogP contribution in [0.5, 0.6) is 5.75 Å². The van der Waals surface area contributed by atoms with Crippen LogP contribution in [-0.4, -0.2) is 21.1 Å². The van der Waals surface area contributed by atoms with E-state index in [1.165, 1.54) is 12.1 Å². The van der Waals surface area contributed by atoms with Gasteiger partial charge in [-0.15, -0.1) is 0 Å². The summed E-state index contributed by atoms with van der Waals surface area (Å²) in [4.78, 5) is 2.14. The number of halogens is 3. The number of phenols is 1. The van der Waals surface area contributed by atoms with Gasteiger partial charge in [-0.3, -0.25) is 4.90 Å². The van der Waals surface area contributed by atoms with Crippen molar-refractivity contribution in [2.24, 2.45) is 0 Å². The van der Waals surface area contributed by atoms with Gasteiger partial charge in [0.2, 0.25) is 0 Å². The van der Waals surface area contributed by atoms with Crippen LogP contribution in [-0.2, 0) is 19.3 Å². The average Bonchev–Trinajstić information content (AvgIpc) is 3.04. The van der Waals surface area contributed by atoms with E-state index in [9.17, 15) is 18.3 Å². The SMILES string of the molecule is Oc1ccccc1CN1CCCn2cccc2[C@@H]1c1cccc(C(F)(F)F)c1. The minimum Gasteiger partial charge on any atom is -0.508 e. The van der Waals surface area contributed by atoms with Crippen molar-refractivity contribution in [2.75, 3.05) is 6.54 Å². The maximum absolute atomic E-state index is 13.3. The molecule has 146 valence electrons. The van der Waals surface area contributed by atoms with Gasteiger partial charge in [-0.05, 0) is 42.3 Å². The Labute approximate surface area is 161 Å². The molecule has 0 fully saturated rings. The van der Waals surface area contributed by atoms with Crippen molar-refractivity contribution >= 4 is 0 Å². The Morgan fingerprint density at radius 1 is 0.964 bits per heavy atom. The molecule has 1 N–H and O–H groups in total. The normalized spacial score (nSPS) is 17.9. The summed E-state index contributed by atoms with van der Waals surface area (Å²) in [5.41, 5.74) is 1.69. The molecule has 1 atom stereocenters. The molecule has 3 nitrogen and oxygen atoms in total. The van der Waals surface area contributed by atoms with Gasteiger partial charge in [0.05, 0.1) is 11.6 Å². The highest BCUT2D eigenvalue weighted by atomic mass is 19.4. The molecule has 1 aliphatic heterocycles. The molecule has 1 aromatic heterocycles. The Morgan fingerprint density at radius 2 is 1.79 bits per heavy atom. The van der Waals surface area contributed by atoms with E-state index in [2.05, 4.69) is 9.47 Å². The molecule has 1 aliphatic rings. The monoisotopic (exact) mass is 386 g/mol. The first-order valence-electron chi connectivity index (χ1n) is 9.26. The third-order valence-corrected chi connectivity index (χ3v) is 5.25. The van der Waals surface area contributed by atoms with E-state index in [0.29, 0.717) is 12.1 Å². The molecule has 0 amide bonds. The van der Waals surface area contributed by atoms with Crippen molar-refractivity contribution in [3.63, 3.8) is 0 Å². The molecule has 0 aliphatic carbocycles. The third kappa shape index (κ3) is 3.64. The summed E-state index contributed by atoms with van der Waals surface area (Å²) in [5, 5.41) is 10.2. The molecule has 0 spiro atoms. The number of aromatic hydroxyl groups is 1. The van der Waals surface area contributed by atoms with Crippen LogP contribution in [0.3, 0.4) is 0 Å². The van der Waals surface area contributed by atoms with Crippen LogP contribution < -0.4 is 0 Å². The van der Waals surface area contributed by atoms with Crippen LogP contribution in [0.15, 0.2) is 66.9 Å². The van der Waals surface area contributed by atoms with Gasteiger partial charge in [0.15, 0.2) is 0 Å². The van der Waals surface area contributed by atoms with Crippen LogP contribution in [0, 0.1) is 0 Å². The van der Waals surface area contributed by atoms with Gasteiger partial charge < -0.3 is 9.67 Å². The zero-order chi connectivity index (χ0) is 19.7. The Hall–Kier alpha value is -2.73. The average molecular weight is 386 g/mol. The Balaban J connectivity index is 1.78. The van der Waals surface area contributed by atoms with E-state index in [1.807, 2.05) is 30.5 Å². The second-order valence-electron chi connectivity index (χ2n) is 7.10. The van der Waals surface area contributed by atoms with Crippen molar-refractivity contribution in [3.8, 4) is 5.75 Å². The van der Waals surface area contributed by atoms with Crippen molar-refractivity contribution < 1.29 is 18.3 Å². The van der Waals surface area contributed by atoms with Crippen molar-refractivity contribution in [3.05, 3.63) is 89.2 Å². The molecule has 0 radical (unpaired) electrons. The zero-order valence-electron chi connectivity index (χ0n) is 15.2. The topological polar surface area (TPSA) is 28.4 Å². The maximum Gasteiger partial charge on any atom is 0.416 e. The first kappa shape index (κ1) is 18.6. The van der Waals surface area contributed by atoms with Crippen molar-refractivity contribution in [2.45, 2.75) is 31.7 Å². The highest BCUT2D eigenvalue weighted by Gasteiger charge is 2.33. The first-order valence-corrected chi connectivity index (χ1v) is 9.26. The van der Waals surface area contributed by atoms with E-state index in [-0.39, 0.29) is 11.8 Å². The number of aryl methyl sites for hydroxylation is 1. The second-order valence-corrected chi connectivity index (χ2v) is 7.10. The lowest BCUT2D eigenvalue weighted by Gasteiger charge is -2.31. The van der Waals surface area contributed by atoms with E-state index in [1.54, 1.807) is 18.2 Å². The van der Waals surface area contributed by atoms with Crippen molar-refractivity contribution in [1.29, 1.82) is 0 Å². The van der Waals surface area contributed by atoms with Crippen LogP contribution in [0.25, 0.3) is 0 Å². The largest absolute Gasteiger partial charge is 0.508 e. The maximum atomic E-state index is 13.3. The summed E-state index contributed by atoms with van der Waals surface area (Å²) in [6.07, 6.45) is -1.53. The van der Waals surface area contributed by atoms with Gasteiger partial charge in [-0.25, -0.2) is 0 Å². The molecule has 0 unspecified atom stereocenters. The fraction of sp³-hybridized carbons (Fsp3) is 0.273. The molecular weight excluding hydrogens is 365 g/mol.